The monoisotopic (exact) mass is 499 g/mol. The molecule has 2 heterocycles. The normalized spacial score (nSPS) is 10.9. The van der Waals surface area contributed by atoms with Gasteiger partial charge in [-0.1, -0.05) is 41.9 Å². The van der Waals surface area contributed by atoms with Crippen LogP contribution in [0.5, 0.6) is 0 Å². The molecular weight excluding hydrogens is 480 g/mol. The quantitative estimate of drug-likeness (QED) is 0.306. The summed E-state index contributed by atoms with van der Waals surface area (Å²) in [5.74, 6) is -2.64. The zero-order valence-corrected chi connectivity index (χ0v) is 19.2. The molecule has 4 aromatic rings. The van der Waals surface area contributed by atoms with Crippen molar-refractivity contribution in [1.82, 2.24) is 20.5 Å². The van der Waals surface area contributed by atoms with Crippen LogP contribution in [0.1, 0.15) is 43.8 Å². The third-order valence-corrected chi connectivity index (χ3v) is 5.42. The Morgan fingerprint density at radius 1 is 1.06 bits per heavy atom. The minimum absolute atomic E-state index is 0.00000897. The number of nitrogens with one attached hydrogen (secondary N) is 3. The molecule has 0 aliphatic carbocycles. The van der Waals surface area contributed by atoms with E-state index in [1.165, 1.54) is 11.6 Å². The maximum Gasteiger partial charge on any atom is 0.269 e. The number of nitrogens with zero attached hydrogens (tertiary/aromatic N) is 2. The van der Waals surface area contributed by atoms with Crippen molar-refractivity contribution in [3.8, 4) is 0 Å². The number of hydrogen-bond acceptors (Lipinski definition) is 5. The number of hydrogen-bond donors (Lipinski definition) is 3. The molecule has 0 unspecified atom stereocenters. The zero-order valence-electron chi connectivity index (χ0n) is 18.5. The van der Waals surface area contributed by atoms with Gasteiger partial charge in [0.15, 0.2) is 23.3 Å². The number of aryl methyl sites for hydroxylation is 3. The molecule has 0 radical (unpaired) electrons. The van der Waals surface area contributed by atoms with E-state index < -0.39 is 23.4 Å². The lowest BCUT2D eigenvalue weighted by Crippen LogP contribution is -2.23. The van der Waals surface area contributed by atoms with Gasteiger partial charge in [0, 0.05) is 13.0 Å². The molecule has 0 saturated heterocycles. The molecular formula is C24H20ClF2N5O3. The van der Waals surface area contributed by atoms with E-state index in [9.17, 15) is 18.4 Å². The molecule has 0 saturated carbocycles. The van der Waals surface area contributed by atoms with Gasteiger partial charge in [0.2, 0.25) is 0 Å². The summed E-state index contributed by atoms with van der Waals surface area (Å²) in [6.07, 6.45) is 1.43. The summed E-state index contributed by atoms with van der Waals surface area (Å²) in [4.78, 5) is 29.3. The second-order valence-corrected chi connectivity index (χ2v) is 8.05. The Hall–Kier alpha value is -4.05. The van der Waals surface area contributed by atoms with Crippen LogP contribution < -0.4 is 10.6 Å². The molecule has 0 atom stereocenters. The van der Waals surface area contributed by atoms with Gasteiger partial charge in [0.1, 0.15) is 11.5 Å². The van der Waals surface area contributed by atoms with E-state index in [1.807, 2.05) is 30.3 Å². The molecule has 35 heavy (non-hydrogen) atoms. The summed E-state index contributed by atoms with van der Waals surface area (Å²) >= 11 is 5.82. The van der Waals surface area contributed by atoms with E-state index in [0.29, 0.717) is 30.2 Å². The van der Waals surface area contributed by atoms with Gasteiger partial charge in [-0.2, -0.15) is 5.10 Å². The molecule has 8 nitrogen and oxygen atoms in total. The lowest BCUT2D eigenvalue weighted by Gasteiger charge is -2.05. The van der Waals surface area contributed by atoms with Gasteiger partial charge in [-0.3, -0.25) is 14.7 Å². The first-order chi connectivity index (χ1) is 16.8. The third-order valence-electron chi connectivity index (χ3n) is 5.11. The number of carbonyl (C=O) groups is 2. The van der Waals surface area contributed by atoms with E-state index in [-0.39, 0.29) is 28.6 Å². The van der Waals surface area contributed by atoms with Crippen molar-refractivity contribution in [3.05, 3.63) is 99.4 Å². The first-order valence-corrected chi connectivity index (χ1v) is 11.0. The molecule has 0 bridgehead atoms. The van der Waals surface area contributed by atoms with Crippen LogP contribution in [0.4, 0.5) is 14.6 Å². The summed E-state index contributed by atoms with van der Waals surface area (Å²) in [5.41, 5.74) is 1.72. The predicted molar refractivity (Wildman–Crippen MR) is 124 cm³/mol. The standard InChI is InChI=1S/C24H20ClF2N5O3/c1-13-29-19(8-7-14-5-3-2-4-6-14)21(35-13)12-28-24(34)20-11-22(32-31-20)30-23(33)15-9-17(26)18(27)10-16(15)25/h2-6,9-11H,7-8,12H2,1H3,(H,28,34)(H2,30,31,32,33). The van der Waals surface area contributed by atoms with Crippen LogP contribution >= 0.6 is 11.6 Å². The Kier molecular flexibility index (Phi) is 7.21. The van der Waals surface area contributed by atoms with Crippen LogP contribution in [-0.4, -0.2) is 27.0 Å². The van der Waals surface area contributed by atoms with Gasteiger partial charge < -0.3 is 15.1 Å². The van der Waals surface area contributed by atoms with Gasteiger partial charge in [0.25, 0.3) is 11.8 Å². The third kappa shape index (κ3) is 5.90. The first-order valence-electron chi connectivity index (χ1n) is 10.6. The molecule has 0 spiro atoms. The number of H-pyrrole nitrogens is 1. The van der Waals surface area contributed by atoms with Crippen molar-refractivity contribution in [2.24, 2.45) is 0 Å². The zero-order chi connectivity index (χ0) is 24.9. The topological polar surface area (TPSA) is 113 Å². The van der Waals surface area contributed by atoms with Crippen LogP contribution in [0.2, 0.25) is 5.02 Å². The average Bonchev–Trinajstić information content (AvgIpc) is 3.45. The van der Waals surface area contributed by atoms with E-state index in [4.69, 9.17) is 16.0 Å². The highest BCUT2D eigenvalue weighted by Gasteiger charge is 2.18. The number of halogens is 3. The minimum atomic E-state index is -1.22. The van der Waals surface area contributed by atoms with E-state index in [2.05, 4.69) is 25.8 Å². The fraction of sp³-hybridized carbons (Fsp3) is 0.167. The van der Waals surface area contributed by atoms with Gasteiger partial charge >= 0.3 is 0 Å². The molecule has 3 N–H and O–H groups in total. The van der Waals surface area contributed by atoms with Gasteiger partial charge in [-0.25, -0.2) is 13.8 Å². The fourth-order valence-corrected chi connectivity index (χ4v) is 3.63. The number of oxazole rings is 1. The van der Waals surface area contributed by atoms with Crippen molar-refractivity contribution in [1.29, 1.82) is 0 Å². The summed E-state index contributed by atoms with van der Waals surface area (Å²) in [6, 6.07) is 12.6. The highest BCUT2D eigenvalue weighted by atomic mass is 35.5. The molecule has 0 aliphatic heterocycles. The fourth-order valence-electron chi connectivity index (χ4n) is 3.39. The van der Waals surface area contributed by atoms with Crippen molar-refractivity contribution >= 4 is 29.2 Å². The van der Waals surface area contributed by atoms with E-state index in [1.54, 1.807) is 6.92 Å². The Labute approximate surface area is 203 Å². The Morgan fingerprint density at radius 2 is 1.80 bits per heavy atom. The second kappa shape index (κ2) is 10.5. The minimum Gasteiger partial charge on any atom is -0.444 e. The van der Waals surface area contributed by atoms with Crippen molar-refractivity contribution in [2.75, 3.05) is 5.32 Å². The first kappa shape index (κ1) is 24.1. The van der Waals surface area contributed by atoms with Gasteiger partial charge in [-0.15, -0.1) is 0 Å². The molecule has 180 valence electrons. The number of rotatable bonds is 8. The van der Waals surface area contributed by atoms with E-state index >= 15 is 0 Å². The number of anilines is 1. The SMILES string of the molecule is Cc1nc(CCc2ccccc2)c(CNC(=O)c2cc(NC(=O)c3cc(F)c(F)cc3Cl)n[nH]2)o1. The van der Waals surface area contributed by atoms with E-state index in [0.717, 1.165) is 12.1 Å². The number of benzene rings is 2. The molecule has 2 aromatic heterocycles. The Bertz CT molecular complexity index is 1370. The summed E-state index contributed by atoms with van der Waals surface area (Å²) < 4.78 is 32.3. The Morgan fingerprint density at radius 3 is 2.57 bits per heavy atom. The lowest BCUT2D eigenvalue weighted by molar-refractivity contribution is 0.0942. The largest absolute Gasteiger partial charge is 0.444 e. The maximum absolute atomic E-state index is 13.5. The number of aromatic nitrogens is 3. The van der Waals surface area contributed by atoms with Crippen LogP contribution in [0.25, 0.3) is 0 Å². The molecule has 11 heteroatoms. The predicted octanol–water partition coefficient (Wildman–Crippen LogP) is 4.61. The van der Waals surface area contributed by atoms with Crippen LogP contribution in [-0.2, 0) is 19.4 Å². The van der Waals surface area contributed by atoms with Crippen LogP contribution in [0.15, 0.2) is 52.9 Å². The lowest BCUT2D eigenvalue weighted by atomic mass is 10.1. The van der Waals surface area contributed by atoms with Crippen molar-refractivity contribution in [2.45, 2.75) is 26.3 Å². The second-order valence-electron chi connectivity index (χ2n) is 7.64. The maximum atomic E-state index is 13.5. The highest BCUT2D eigenvalue weighted by molar-refractivity contribution is 6.34. The molecule has 0 aliphatic rings. The number of aromatic amines is 1. The number of carbonyl (C=O) groups excluding carboxylic acids is 2. The smallest absolute Gasteiger partial charge is 0.269 e. The summed E-state index contributed by atoms with van der Waals surface area (Å²) in [6.45, 7) is 1.84. The molecule has 0 fully saturated rings. The average molecular weight is 500 g/mol. The summed E-state index contributed by atoms with van der Waals surface area (Å²) in [5, 5.41) is 11.2. The summed E-state index contributed by atoms with van der Waals surface area (Å²) in [7, 11) is 0. The van der Waals surface area contributed by atoms with Gasteiger partial charge in [-0.05, 0) is 30.5 Å². The molecule has 4 rings (SSSR count). The van der Waals surface area contributed by atoms with Crippen LogP contribution in [0, 0.1) is 18.6 Å². The highest BCUT2D eigenvalue weighted by Crippen LogP contribution is 2.21. The molecule has 2 amide bonds. The van der Waals surface area contributed by atoms with Crippen molar-refractivity contribution in [3.63, 3.8) is 0 Å². The van der Waals surface area contributed by atoms with Gasteiger partial charge in [0.05, 0.1) is 22.8 Å². The van der Waals surface area contributed by atoms with Crippen molar-refractivity contribution < 1.29 is 22.8 Å². The van der Waals surface area contributed by atoms with Crippen LogP contribution in [0.3, 0.4) is 0 Å². The number of amides is 2. The Balaban J connectivity index is 1.36. The molecule has 2 aromatic carbocycles.